The first-order chi connectivity index (χ1) is 8.08. The third kappa shape index (κ3) is 2.49. The molecule has 1 aliphatic rings. The number of hydrogen-bond donors (Lipinski definition) is 1. The molecule has 1 amide bonds. The van der Waals surface area contributed by atoms with Gasteiger partial charge in [0, 0.05) is 25.1 Å². The number of carboxylic acid groups (broad SMARTS) is 1. The number of nitrogens with zero attached hydrogens (tertiary/aromatic N) is 1. The van der Waals surface area contributed by atoms with Crippen LogP contribution in [0, 0.1) is 12.8 Å². The Morgan fingerprint density at radius 3 is 2.94 bits per heavy atom. The Hall–Kier alpha value is -1.78. The summed E-state index contributed by atoms with van der Waals surface area (Å²) in [6, 6.07) is 1.75. The summed E-state index contributed by atoms with van der Waals surface area (Å²) in [4.78, 5) is 24.3. The number of amides is 1. The molecule has 1 aromatic heterocycles. The zero-order valence-electron chi connectivity index (χ0n) is 9.68. The van der Waals surface area contributed by atoms with E-state index in [4.69, 9.17) is 9.52 Å². The van der Waals surface area contributed by atoms with Crippen molar-refractivity contribution < 1.29 is 19.1 Å². The number of rotatable bonds is 3. The summed E-state index contributed by atoms with van der Waals surface area (Å²) in [5, 5.41) is 8.70. The van der Waals surface area contributed by atoms with Crippen LogP contribution in [0.3, 0.4) is 0 Å². The zero-order chi connectivity index (χ0) is 12.4. The summed E-state index contributed by atoms with van der Waals surface area (Å²) in [5.41, 5.74) is 0.816. The summed E-state index contributed by atoms with van der Waals surface area (Å²) in [5.74, 6) is -0.522. The van der Waals surface area contributed by atoms with Crippen molar-refractivity contribution in [3.05, 3.63) is 23.7 Å². The fourth-order valence-corrected chi connectivity index (χ4v) is 2.17. The Bertz CT molecular complexity index is 437. The highest BCUT2D eigenvalue weighted by Crippen LogP contribution is 2.22. The van der Waals surface area contributed by atoms with Crippen LogP contribution >= 0.6 is 0 Å². The van der Waals surface area contributed by atoms with Crippen molar-refractivity contribution in [3.63, 3.8) is 0 Å². The number of carbonyl (C=O) groups excluding carboxylic acids is 1. The molecule has 1 atom stereocenters. The summed E-state index contributed by atoms with van der Waals surface area (Å²) >= 11 is 0. The number of furan rings is 1. The maximum atomic E-state index is 12.0. The number of aryl methyl sites for hydroxylation is 1. The van der Waals surface area contributed by atoms with E-state index in [-0.39, 0.29) is 18.2 Å². The molecular weight excluding hydrogens is 222 g/mol. The summed E-state index contributed by atoms with van der Waals surface area (Å²) in [6.45, 7) is 2.93. The molecule has 92 valence electrons. The molecule has 0 bridgehead atoms. The average molecular weight is 237 g/mol. The summed E-state index contributed by atoms with van der Waals surface area (Å²) in [7, 11) is 0. The fourth-order valence-electron chi connectivity index (χ4n) is 2.17. The molecule has 5 heteroatoms. The second kappa shape index (κ2) is 4.61. The van der Waals surface area contributed by atoms with Gasteiger partial charge in [0.15, 0.2) is 5.76 Å². The molecule has 1 unspecified atom stereocenters. The zero-order valence-corrected chi connectivity index (χ0v) is 9.68. The van der Waals surface area contributed by atoms with Crippen molar-refractivity contribution in [1.82, 2.24) is 4.90 Å². The standard InChI is InChI=1S/C12H15NO4/c1-8-3-5-17-11(8)12(16)13-4-2-9(7-13)6-10(14)15/h3,5,9H,2,4,6-7H2,1H3,(H,14,15). The predicted octanol–water partition coefficient (Wildman–Crippen LogP) is 1.52. The lowest BCUT2D eigenvalue weighted by molar-refractivity contribution is -0.138. The second-order valence-corrected chi connectivity index (χ2v) is 4.44. The van der Waals surface area contributed by atoms with Crippen molar-refractivity contribution in [2.45, 2.75) is 19.8 Å². The van der Waals surface area contributed by atoms with Crippen LogP contribution in [0.25, 0.3) is 0 Å². The van der Waals surface area contributed by atoms with Gasteiger partial charge in [-0.15, -0.1) is 0 Å². The lowest BCUT2D eigenvalue weighted by Gasteiger charge is -2.14. The number of aliphatic carboxylic acids is 1. The summed E-state index contributed by atoms with van der Waals surface area (Å²) in [6.07, 6.45) is 2.37. The van der Waals surface area contributed by atoms with Gasteiger partial charge < -0.3 is 14.4 Å². The lowest BCUT2D eigenvalue weighted by Crippen LogP contribution is -2.29. The van der Waals surface area contributed by atoms with Gasteiger partial charge in [-0.05, 0) is 25.3 Å². The molecule has 0 saturated carbocycles. The van der Waals surface area contributed by atoms with Crippen LogP contribution in [-0.2, 0) is 4.79 Å². The Kier molecular flexibility index (Phi) is 3.17. The van der Waals surface area contributed by atoms with E-state index < -0.39 is 5.97 Å². The molecule has 1 saturated heterocycles. The van der Waals surface area contributed by atoms with E-state index in [0.29, 0.717) is 18.8 Å². The highest BCUT2D eigenvalue weighted by atomic mass is 16.4. The van der Waals surface area contributed by atoms with E-state index in [1.165, 1.54) is 6.26 Å². The molecule has 1 N–H and O–H groups in total. The molecule has 1 aliphatic heterocycles. The number of carboxylic acids is 1. The SMILES string of the molecule is Cc1ccoc1C(=O)N1CCC(CC(=O)O)C1. The van der Waals surface area contributed by atoms with Crippen LogP contribution in [0.5, 0.6) is 0 Å². The van der Waals surface area contributed by atoms with Gasteiger partial charge in [-0.3, -0.25) is 9.59 Å². The van der Waals surface area contributed by atoms with Gasteiger partial charge in [0.05, 0.1) is 6.26 Å². The van der Waals surface area contributed by atoms with Crippen LogP contribution in [-0.4, -0.2) is 35.0 Å². The number of carbonyl (C=O) groups is 2. The van der Waals surface area contributed by atoms with Gasteiger partial charge in [-0.2, -0.15) is 0 Å². The van der Waals surface area contributed by atoms with Gasteiger partial charge in [-0.25, -0.2) is 0 Å². The minimum atomic E-state index is -0.807. The van der Waals surface area contributed by atoms with Gasteiger partial charge in [0.2, 0.25) is 0 Å². The maximum Gasteiger partial charge on any atom is 0.303 e. The highest BCUT2D eigenvalue weighted by molar-refractivity contribution is 5.93. The van der Waals surface area contributed by atoms with Gasteiger partial charge in [0.25, 0.3) is 5.91 Å². The largest absolute Gasteiger partial charge is 0.481 e. The molecule has 0 aromatic carbocycles. The topological polar surface area (TPSA) is 70.8 Å². The lowest BCUT2D eigenvalue weighted by atomic mass is 10.1. The van der Waals surface area contributed by atoms with E-state index in [2.05, 4.69) is 0 Å². The Morgan fingerprint density at radius 1 is 1.59 bits per heavy atom. The van der Waals surface area contributed by atoms with Crippen molar-refractivity contribution >= 4 is 11.9 Å². The molecule has 2 rings (SSSR count). The quantitative estimate of drug-likeness (QED) is 0.865. The molecule has 1 aromatic rings. The van der Waals surface area contributed by atoms with E-state index in [1.54, 1.807) is 11.0 Å². The average Bonchev–Trinajstić information content (AvgIpc) is 2.85. The smallest absolute Gasteiger partial charge is 0.303 e. The monoisotopic (exact) mass is 237 g/mol. The minimum absolute atomic E-state index is 0.0618. The molecule has 2 heterocycles. The molecule has 0 radical (unpaired) electrons. The highest BCUT2D eigenvalue weighted by Gasteiger charge is 2.30. The van der Waals surface area contributed by atoms with Crippen LogP contribution in [0.1, 0.15) is 29.0 Å². The first-order valence-corrected chi connectivity index (χ1v) is 5.63. The van der Waals surface area contributed by atoms with Crippen molar-refractivity contribution in [2.24, 2.45) is 5.92 Å². The minimum Gasteiger partial charge on any atom is -0.481 e. The van der Waals surface area contributed by atoms with Crippen LogP contribution in [0.2, 0.25) is 0 Å². The maximum absolute atomic E-state index is 12.0. The molecule has 1 fully saturated rings. The number of hydrogen-bond acceptors (Lipinski definition) is 3. The van der Waals surface area contributed by atoms with Crippen LogP contribution < -0.4 is 0 Å². The Balaban J connectivity index is 1.99. The fraction of sp³-hybridized carbons (Fsp3) is 0.500. The molecule has 17 heavy (non-hydrogen) atoms. The molecular formula is C12H15NO4. The first-order valence-electron chi connectivity index (χ1n) is 5.63. The van der Waals surface area contributed by atoms with Crippen LogP contribution in [0.15, 0.2) is 16.7 Å². The third-order valence-corrected chi connectivity index (χ3v) is 3.09. The van der Waals surface area contributed by atoms with Crippen molar-refractivity contribution in [1.29, 1.82) is 0 Å². The first kappa shape index (κ1) is 11.7. The summed E-state index contributed by atoms with van der Waals surface area (Å²) < 4.78 is 5.15. The Morgan fingerprint density at radius 2 is 2.35 bits per heavy atom. The van der Waals surface area contributed by atoms with Gasteiger partial charge in [0.1, 0.15) is 0 Å². The van der Waals surface area contributed by atoms with Crippen LogP contribution in [0.4, 0.5) is 0 Å². The molecule has 0 aliphatic carbocycles. The Labute approximate surface area is 99.0 Å². The third-order valence-electron chi connectivity index (χ3n) is 3.09. The van der Waals surface area contributed by atoms with E-state index >= 15 is 0 Å². The second-order valence-electron chi connectivity index (χ2n) is 4.44. The van der Waals surface area contributed by atoms with E-state index in [0.717, 1.165) is 12.0 Å². The molecule has 5 nitrogen and oxygen atoms in total. The van der Waals surface area contributed by atoms with Gasteiger partial charge in [-0.1, -0.05) is 0 Å². The van der Waals surface area contributed by atoms with Gasteiger partial charge >= 0.3 is 5.97 Å². The van der Waals surface area contributed by atoms with Crippen molar-refractivity contribution in [3.8, 4) is 0 Å². The predicted molar refractivity (Wildman–Crippen MR) is 59.7 cm³/mol. The van der Waals surface area contributed by atoms with Crippen molar-refractivity contribution in [2.75, 3.05) is 13.1 Å². The van der Waals surface area contributed by atoms with E-state index in [9.17, 15) is 9.59 Å². The van der Waals surface area contributed by atoms with E-state index in [1.807, 2.05) is 6.92 Å². The normalized spacial score (nSPS) is 19.6. The number of likely N-dealkylation sites (tertiary alicyclic amines) is 1. The molecule has 0 spiro atoms.